The Kier molecular flexibility index (Phi) is 3.39. The lowest BCUT2D eigenvalue weighted by Gasteiger charge is -2.08. The van der Waals surface area contributed by atoms with Crippen molar-refractivity contribution in [3.63, 3.8) is 0 Å². The first-order chi connectivity index (χ1) is 8.56. The van der Waals surface area contributed by atoms with Crippen LogP contribution in [0.4, 0.5) is 5.69 Å². The van der Waals surface area contributed by atoms with E-state index in [4.69, 9.17) is 27.2 Å². The summed E-state index contributed by atoms with van der Waals surface area (Å²) in [6.45, 7) is 0. The van der Waals surface area contributed by atoms with Gasteiger partial charge in [-0.25, -0.2) is 4.79 Å². The van der Waals surface area contributed by atoms with Crippen LogP contribution < -0.4 is 10.5 Å². The summed E-state index contributed by atoms with van der Waals surface area (Å²) in [6, 6.07) is 11.0. The van der Waals surface area contributed by atoms with Crippen LogP contribution in [-0.2, 0) is 0 Å². The van der Waals surface area contributed by atoms with Crippen molar-refractivity contribution in [1.29, 1.82) is 0 Å². The van der Waals surface area contributed by atoms with E-state index >= 15 is 0 Å². The Morgan fingerprint density at radius 2 is 1.83 bits per heavy atom. The van der Waals surface area contributed by atoms with Crippen LogP contribution in [0.1, 0.15) is 10.4 Å². The van der Waals surface area contributed by atoms with Crippen molar-refractivity contribution in [2.45, 2.75) is 0 Å². The molecule has 0 fully saturated rings. The second-order valence-electron chi connectivity index (χ2n) is 3.62. The lowest BCUT2D eigenvalue weighted by Crippen LogP contribution is -1.95. The van der Waals surface area contributed by atoms with Crippen molar-refractivity contribution < 1.29 is 14.6 Å². The number of carboxylic acid groups (broad SMARTS) is 1. The molecule has 0 radical (unpaired) electrons. The Morgan fingerprint density at radius 3 is 2.39 bits per heavy atom. The summed E-state index contributed by atoms with van der Waals surface area (Å²) in [5.41, 5.74) is 6.32. The summed E-state index contributed by atoms with van der Waals surface area (Å²) < 4.78 is 5.52. The molecule has 0 unspecified atom stereocenters. The van der Waals surface area contributed by atoms with Gasteiger partial charge in [-0.15, -0.1) is 0 Å². The Labute approximate surface area is 109 Å². The van der Waals surface area contributed by atoms with E-state index in [0.29, 0.717) is 22.2 Å². The SMILES string of the molecule is Nc1ccc(Oc2ccc(C(=O)O)cc2)c(Cl)c1. The third-order valence-corrected chi connectivity index (χ3v) is 2.58. The van der Waals surface area contributed by atoms with Crippen molar-refractivity contribution in [3.8, 4) is 11.5 Å². The molecule has 0 heterocycles. The monoisotopic (exact) mass is 263 g/mol. The van der Waals surface area contributed by atoms with Crippen LogP contribution >= 0.6 is 11.6 Å². The first kappa shape index (κ1) is 12.3. The van der Waals surface area contributed by atoms with Crippen LogP contribution in [0.15, 0.2) is 42.5 Å². The van der Waals surface area contributed by atoms with Crippen LogP contribution in [0, 0.1) is 0 Å². The molecule has 0 saturated carbocycles. The van der Waals surface area contributed by atoms with Gasteiger partial charge >= 0.3 is 5.97 Å². The predicted molar refractivity (Wildman–Crippen MR) is 69.3 cm³/mol. The molecule has 0 spiro atoms. The number of nitrogens with two attached hydrogens (primary N) is 1. The van der Waals surface area contributed by atoms with E-state index in [2.05, 4.69) is 0 Å². The second-order valence-corrected chi connectivity index (χ2v) is 4.03. The van der Waals surface area contributed by atoms with Gasteiger partial charge in [0.2, 0.25) is 0 Å². The summed E-state index contributed by atoms with van der Waals surface area (Å²) in [6.07, 6.45) is 0. The molecule has 0 amide bonds. The molecule has 0 aliphatic heterocycles. The first-order valence-electron chi connectivity index (χ1n) is 5.12. The van der Waals surface area contributed by atoms with Crippen molar-refractivity contribution in [2.75, 3.05) is 5.73 Å². The average molecular weight is 264 g/mol. The van der Waals surface area contributed by atoms with Gasteiger partial charge in [0, 0.05) is 5.69 Å². The van der Waals surface area contributed by atoms with E-state index in [9.17, 15) is 4.79 Å². The second kappa shape index (κ2) is 4.98. The van der Waals surface area contributed by atoms with Gasteiger partial charge in [0.15, 0.2) is 0 Å². The van der Waals surface area contributed by atoms with Gasteiger partial charge in [-0.05, 0) is 42.5 Å². The van der Waals surface area contributed by atoms with E-state index in [1.54, 1.807) is 30.3 Å². The fourth-order valence-corrected chi connectivity index (χ4v) is 1.62. The molecule has 0 bridgehead atoms. The largest absolute Gasteiger partial charge is 0.478 e. The molecule has 3 N–H and O–H groups in total. The zero-order chi connectivity index (χ0) is 13.1. The van der Waals surface area contributed by atoms with Crippen molar-refractivity contribution in [2.24, 2.45) is 0 Å². The number of halogens is 1. The van der Waals surface area contributed by atoms with Gasteiger partial charge in [0.25, 0.3) is 0 Å². The predicted octanol–water partition coefficient (Wildman–Crippen LogP) is 3.41. The summed E-state index contributed by atoms with van der Waals surface area (Å²) in [7, 11) is 0. The highest BCUT2D eigenvalue weighted by Gasteiger charge is 2.05. The molecule has 0 aromatic heterocycles. The van der Waals surface area contributed by atoms with E-state index in [1.165, 1.54) is 12.1 Å². The number of hydrogen-bond acceptors (Lipinski definition) is 3. The summed E-state index contributed by atoms with van der Waals surface area (Å²) in [5, 5.41) is 9.16. The van der Waals surface area contributed by atoms with Crippen molar-refractivity contribution in [3.05, 3.63) is 53.1 Å². The van der Waals surface area contributed by atoms with Gasteiger partial charge in [-0.1, -0.05) is 11.6 Å². The Morgan fingerprint density at radius 1 is 1.17 bits per heavy atom. The van der Waals surface area contributed by atoms with Crippen LogP contribution in [0.5, 0.6) is 11.5 Å². The minimum atomic E-state index is -0.980. The summed E-state index contributed by atoms with van der Waals surface area (Å²) in [4.78, 5) is 10.7. The molecule has 0 aliphatic rings. The Hall–Kier alpha value is -2.20. The molecule has 0 aliphatic carbocycles. The van der Waals surface area contributed by atoms with Gasteiger partial charge in [-0.2, -0.15) is 0 Å². The molecule has 2 aromatic rings. The number of ether oxygens (including phenoxy) is 1. The summed E-state index contributed by atoms with van der Waals surface area (Å²) in [5.74, 6) is -0.00678. The normalized spacial score (nSPS) is 10.1. The lowest BCUT2D eigenvalue weighted by atomic mass is 10.2. The molecule has 18 heavy (non-hydrogen) atoms. The minimum Gasteiger partial charge on any atom is -0.478 e. The Bertz CT molecular complexity index is 581. The van der Waals surface area contributed by atoms with Gasteiger partial charge in [0.1, 0.15) is 11.5 Å². The van der Waals surface area contributed by atoms with Crippen LogP contribution in [0.2, 0.25) is 5.02 Å². The number of anilines is 1. The third kappa shape index (κ3) is 2.73. The maximum atomic E-state index is 10.7. The maximum absolute atomic E-state index is 10.7. The van der Waals surface area contributed by atoms with E-state index in [0.717, 1.165) is 0 Å². The van der Waals surface area contributed by atoms with E-state index in [-0.39, 0.29) is 5.56 Å². The van der Waals surface area contributed by atoms with Crippen LogP contribution in [-0.4, -0.2) is 11.1 Å². The van der Waals surface area contributed by atoms with E-state index in [1.807, 2.05) is 0 Å². The van der Waals surface area contributed by atoms with Crippen LogP contribution in [0.25, 0.3) is 0 Å². The summed E-state index contributed by atoms with van der Waals surface area (Å²) >= 11 is 5.96. The zero-order valence-electron chi connectivity index (χ0n) is 9.26. The molecular weight excluding hydrogens is 254 g/mol. The van der Waals surface area contributed by atoms with Crippen molar-refractivity contribution >= 4 is 23.3 Å². The Balaban J connectivity index is 2.21. The maximum Gasteiger partial charge on any atom is 0.335 e. The lowest BCUT2D eigenvalue weighted by molar-refractivity contribution is 0.0697. The molecule has 0 atom stereocenters. The number of rotatable bonds is 3. The molecule has 92 valence electrons. The standard InChI is InChI=1S/C13H10ClNO3/c14-11-7-9(15)3-6-12(11)18-10-4-1-8(2-5-10)13(16)17/h1-7H,15H2,(H,16,17). The quantitative estimate of drug-likeness (QED) is 0.833. The average Bonchev–Trinajstić information content (AvgIpc) is 2.33. The van der Waals surface area contributed by atoms with Crippen LogP contribution in [0.3, 0.4) is 0 Å². The third-order valence-electron chi connectivity index (χ3n) is 2.29. The molecule has 2 rings (SSSR count). The number of hydrogen-bond donors (Lipinski definition) is 2. The molecule has 0 saturated heterocycles. The molecule has 4 nitrogen and oxygen atoms in total. The smallest absolute Gasteiger partial charge is 0.335 e. The van der Waals surface area contributed by atoms with Gasteiger partial charge < -0.3 is 15.6 Å². The number of benzene rings is 2. The number of carbonyl (C=O) groups is 1. The molecule has 2 aromatic carbocycles. The fraction of sp³-hybridized carbons (Fsp3) is 0. The number of carboxylic acids is 1. The minimum absolute atomic E-state index is 0.200. The molecule has 5 heteroatoms. The molecular formula is C13H10ClNO3. The van der Waals surface area contributed by atoms with E-state index < -0.39 is 5.97 Å². The number of nitrogen functional groups attached to an aromatic ring is 1. The highest BCUT2D eigenvalue weighted by Crippen LogP contribution is 2.30. The van der Waals surface area contributed by atoms with Gasteiger partial charge in [0.05, 0.1) is 10.6 Å². The topological polar surface area (TPSA) is 72.5 Å². The first-order valence-corrected chi connectivity index (χ1v) is 5.50. The highest BCUT2D eigenvalue weighted by molar-refractivity contribution is 6.32. The van der Waals surface area contributed by atoms with Crippen molar-refractivity contribution in [1.82, 2.24) is 0 Å². The zero-order valence-corrected chi connectivity index (χ0v) is 10.0. The highest BCUT2D eigenvalue weighted by atomic mass is 35.5. The fourth-order valence-electron chi connectivity index (χ4n) is 1.39. The number of aromatic carboxylic acids is 1. The van der Waals surface area contributed by atoms with Gasteiger partial charge in [-0.3, -0.25) is 0 Å².